The summed E-state index contributed by atoms with van der Waals surface area (Å²) in [7, 11) is 0. The zero-order chi connectivity index (χ0) is 22.6. The van der Waals surface area contributed by atoms with Crippen molar-refractivity contribution in [1.29, 1.82) is 0 Å². The minimum Gasteiger partial charge on any atom is -0.133 e. The van der Waals surface area contributed by atoms with Crippen molar-refractivity contribution in [2.24, 2.45) is 0 Å². The average Bonchev–Trinajstić information content (AvgIpc) is 3.46. The first-order valence-electron chi connectivity index (χ1n) is 13.1. The van der Waals surface area contributed by atoms with Crippen molar-refractivity contribution in [2.75, 3.05) is 0 Å². The quantitative estimate of drug-likeness (QED) is 0.152. The molecule has 0 radical (unpaired) electrons. The van der Waals surface area contributed by atoms with Gasteiger partial charge in [-0.15, -0.1) is 34.0 Å². The predicted molar refractivity (Wildman–Crippen MR) is 155 cm³/mol. The first kappa shape index (κ1) is 23.3. The van der Waals surface area contributed by atoms with Crippen LogP contribution in [0.3, 0.4) is 0 Å². The molecule has 2 aromatic carbocycles. The Morgan fingerprint density at radius 2 is 0.939 bits per heavy atom. The van der Waals surface area contributed by atoms with Crippen molar-refractivity contribution in [2.45, 2.75) is 90.9 Å². The van der Waals surface area contributed by atoms with Gasteiger partial charge in [0.1, 0.15) is 0 Å². The lowest BCUT2D eigenvalue weighted by molar-refractivity contribution is 0.632. The number of aryl methyl sites for hydroxylation is 2. The van der Waals surface area contributed by atoms with Gasteiger partial charge in [0.2, 0.25) is 0 Å². The molecule has 0 bridgehead atoms. The molecule has 0 aliphatic rings. The fraction of sp³-hybridized carbons (Fsp3) is 0.467. The predicted octanol–water partition coefficient (Wildman–Crippen LogP) is 11.5. The van der Waals surface area contributed by atoms with E-state index in [4.69, 9.17) is 0 Å². The van der Waals surface area contributed by atoms with Crippen LogP contribution in [0.2, 0.25) is 0 Å². The minimum atomic E-state index is 1.23. The van der Waals surface area contributed by atoms with Crippen molar-refractivity contribution < 1.29 is 0 Å². The van der Waals surface area contributed by atoms with Gasteiger partial charge in [-0.1, -0.05) is 89.5 Å². The molecule has 3 aromatic heterocycles. The molecular formula is C30H36S3. The SMILES string of the molecule is CCCCCCCc1ccc2c(c1)sc1c2sc2c3ccc(CCCCCCC)cc3sc21. The van der Waals surface area contributed by atoms with Gasteiger partial charge in [0.05, 0.1) is 18.8 Å². The van der Waals surface area contributed by atoms with Crippen LogP contribution in [0.4, 0.5) is 0 Å². The molecule has 3 heteroatoms. The fourth-order valence-electron chi connectivity index (χ4n) is 5.01. The van der Waals surface area contributed by atoms with E-state index >= 15 is 0 Å². The lowest BCUT2D eigenvalue weighted by Gasteiger charge is -2.02. The Kier molecular flexibility index (Phi) is 7.69. The van der Waals surface area contributed by atoms with Crippen molar-refractivity contribution in [3.63, 3.8) is 0 Å². The fourth-order valence-corrected chi connectivity index (χ4v) is 9.41. The summed E-state index contributed by atoms with van der Waals surface area (Å²) in [5.41, 5.74) is 3.04. The van der Waals surface area contributed by atoms with E-state index in [0.29, 0.717) is 0 Å². The van der Waals surface area contributed by atoms with Gasteiger partial charge in [-0.25, -0.2) is 0 Å². The Morgan fingerprint density at radius 3 is 1.39 bits per heavy atom. The Morgan fingerprint density at radius 1 is 0.485 bits per heavy atom. The smallest absolute Gasteiger partial charge is 0.0642 e. The van der Waals surface area contributed by atoms with Crippen LogP contribution in [0.1, 0.15) is 89.2 Å². The van der Waals surface area contributed by atoms with Crippen LogP contribution >= 0.6 is 34.0 Å². The van der Waals surface area contributed by atoms with Crippen LogP contribution in [0, 0.1) is 0 Å². The molecule has 0 fully saturated rings. The number of unbranched alkanes of at least 4 members (excludes halogenated alkanes) is 8. The molecule has 0 saturated heterocycles. The Hall–Kier alpha value is -1.42. The van der Waals surface area contributed by atoms with Crippen molar-refractivity contribution >= 4 is 73.0 Å². The third-order valence-corrected chi connectivity index (χ3v) is 11.0. The largest absolute Gasteiger partial charge is 0.133 e. The van der Waals surface area contributed by atoms with Gasteiger partial charge >= 0.3 is 0 Å². The van der Waals surface area contributed by atoms with Gasteiger partial charge < -0.3 is 0 Å². The third-order valence-electron chi connectivity index (χ3n) is 6.97. The van der Waals surface area contributed by atoms with Crippen LogP contribution < -0.4 is 0 Å². The van der Waals surface area contributed by atoms with Crippen LogP contribution in [-0.4, -0.2) is 0 Å². The monoisotopic (exact) mass is 492 g/mol. The molecule has 5 aromatic rings. The summed E-state index contributed by atoms with van der Waals surface area (Å²) in [4.78, 5) is 0. The number of hydrogen-bond donors (Lipinski definition) is 0. The maximum Gasteiger partial charge on any atom is 0.0642 e. The van der Waals surface area contributed by atoms with Gasteiger partial charge in [0.25, 0.3) is 0 Å². The topological polar surface area (TPSA) is 0 Å². The number of fused-ring (bicyclic) bond motifs is 7. The Labute approximate surface area is 210 Å². The zero-order valence-electron chi connectivity index (χ0n) is 20.2. The molecule has 0 unspecified atom stereocenters. The summed E-state index contributed by atoms with van der Waals surface area (Å²) in [6.45, 7) is 4.58. The average molecular weight is 493 g/mol. The first-order chi connectivity index (χ1) is 16.3. The number of thiophene rings is 3. The standard InChI is InChI=1S/C30H36S3/c1-3-5-7-9-11-13-21-15-17-23-25(19-21)31-29-27(23)33-28-24-18-16-22(14-12-10-8-6-4-2)20-26(24)32-30(28)29/h15-20H,3-14H2,1-2H3. The molecule has 0 N–H and O–H groups in total. The van der Waals surface area contributed by atoms with Crippen molar-refractivity contribution in [3.05, 3.63) is 47.5 Å². The van der Waals surface area contributed by atoms with E-state index in [-0.39, 0.29) is 0 Å². The van der Waals surface area contributed by atoms with E-state index in [1.54, 1.807) is 0 Å². The number of hydrogen-bond acceptors (Lipinski definition) is 3. The van der Waals surface area contributed by atoms with E-state index < -0.39 is 0 Å². The highest BCUT2D eigenvalue weighted by molar-refractivity contribution is 7.43. The van der Waals surface area contributed by atoms with Gasteiger partial charge in [0, 0.05) is 20.2 Å². The summed E-state index contributed by atoms with van der Waals surface area (Å²) >= 11 is 6.06. The number of benzene rings is 2. The molecule has 0 atom stereocenters. The summed E-state index contributed by atoms with van der Waals surface area (Å²) in [5.74, 6) is 0. The van der Waals surface area contributed by atoms with E-state index in [1.165, 1.54) is 127 Å². The second kappa shape index (κ2) is 10.9. The molecule has 0 saturated carbocycles. The molecule has 0 spiro atoms. The third kappa shape index (κ3) is 5.01. The molecule has 5 rings (SSSR count). The lowest BCUT2D eigenvalue weighted by atomic mass is 10.0. The summed E-state index contributed by atoms with van der Waals surface area (Å²) < 4.78 is 9.02. The summed E-state index contributed by atoms with van der Waals surface area (Å²) in [6, 6.07) is 14.5. The minimum absolute atomic E-state index is 1.23. The van der Waals surface area contributed by atoms with Crippen molar-refractivity contribution in [3.8, 4) is 0 Å². The molecule has 0 aliphatic carbocycles. The maximum absolute atomic E-state index is 2.47. The summed E-state index contributed by atoms with van der Waals surface area (Å²) in [6.07, 6.45) is 16.0. The van der Waals surface area contributed by atoms with E-state index in [2.05, 4.69) is 50.2 Å². The van der Waals surface area contributed by atoms with Gasteiger partial charge in [0.15, 0.2) is 0 Å². The van der Waals surface area contributed by atoms with Gasteiger partial charge in [-0.05, 0) is 48.9 Å². The van der Waals surface area contributed by atoms with Crippen LogP contribution in [0.5, 0.6) is 0 Å². The van der Waals surface area contributed by atoms with Crippen LogP contribution in [-0.2, 0) is 12.8 Å². The normalized spacial score (nSPS) is 12.2. The highest BCUT2D eigenvalue weighted by atomic mass is 32.1. The molecule has 174 valence electrons. The molecule has 0 aliphatic heterocycles. The zero-order valence-corrected chi connectivity index (χ0v) is 22.6. The van der Waals surface area contributed by atoms with Gasteiger partial charge in [-0.3, -0.25) is 0 Å². The van der Waals surface area contributed by atoms with Crippen molar-refractivity contribution in [1.82, 2.24) is 0 Å². The van der Waals surface area contributed by atoms with E-state index in [1.807, 2.05) is 34.0 Å². The Bertz CT molecular complexity index is 1240. The second-order valence-corrected chi connectivity index (χ2v) is 12.7. The molecule has 0 nitrogen and oxygen atoms in total. The van der Waals surface area contributed by atoms with Gasteiger partial charge in [-0.2, -0.15) is 0 Å². The lowest BCUT2D eigenvalue weighted by Crippen LogP contribution is -1.85. The highest BCUT2D eigenvalue weighted by Crippen LogP contribution is 2.50. The Balaban J connectivity index is 1.37. The first-order valence-corrected chi connectivity index (χ1v) is 15.5. The molecule has 3 heterocycles. The molecule has 0 amide bonds. The van der Waals surface area contributed by atoms with Crippen LogP contribution in [0.15, 0.2) is 36.4 Å². The highest BCUT2D eigenvalue weighted by Gasteiger charge is 2.17. The number of rotatable bonds is 12. The van der Waals surface area contributed by atoms with E-state index in [9.17, 15) is 0 Å². The second-order valence-electron chi connectivity index (χ2n) is 9.61. The maximum atomic E-state index is 2.47. The van der Waals surface area contributed by atoms with E-state index in [0.717, 1.165) is 0 Å². The molecule has 33 heavy (non-hydrogen) atoms. The molecular weight excluding hydrogens is 457 g/mol. The summed E-state index contributed by atoms with van der Waals surface area (Å²) in [5, 5.41) is 2.94. The van der Waals surface area contributed by atoms with Crippen LogP contribution in [0.25, 0.3) is 39.0 Å².